The second kappa shape index (κ2) is 5.14. The van der Waals surface area contributed by atoms with E-state index in [-0.39, 0.29) is 18.1 Å². The van der Waals surface area contributed by atoms with E-state index in [1.54, 1.807) is 6.92 Å². The predicted octanol–water partition coefficient (Wildman–Crippen LogP) is 1.06. The van der Waals surface area contributed by atoms with Crippen LogP contribution in [-0.4, -0.2) is 34.1 Å². The van der Waals surface area contributed by atoms with E-state index in [1.807, 2.05) is 0 Å². The van der Waals surface area contributed by atoms with Gasteiger partial charge in [0.25, 0.3) is 5.91 Å². The molecule has 2 aromatic rings. The van der Waals surface area contributed by atoms with Gasteiger partial charge < -0.3 is 15.4 Å². The third kappa shape index (κ3) is 2.48. The number of amides is 1. The summed E-state index contributed by atoms with van der Waals surface area (Å²) in [5, 5.41) is 11.5. The van der Waals surface area contributed by atoms with Crippen molar-refractivity contribution in [3.8, 4) is 0 Å². The summed E-state index contributed by atoms with van der Waals surface area (Å²) in [4.78, 5) is 18.7. The van der Waals surface area contributed by atoms with Crippen LogP contribution in [0.2, 0.25) is 0 Å². The van der Waals surface area contributed by atoms with Crippen LogP contribution in [-0.2, 0) is 0 Å². The van der Waals surface area contributed by atoms with Crippen LogP contribution in [0.25, 0.3) is 11.0 Å². The monoisotopic (exact) mass is 251 g/mol. The first kappa shape index (κ1) is 12.5. The van der Waals surface area contributed by atoms with Crippen LogP contribution in [0.3, 0.4) is 0 Å². The number of nitrogens with zero attached hydrogens (tertiary/aromatic N) is 1. The number of aliphatic hydroxyl groups excluding tert-OH is 1. The van der Waals surface area contributed by atoms with Gasteiger partial charge in [-0.1, -0.05) is 6.92 Å². The topological polar surface area (TPSA) is 78.0 Å². The van der Waals surface area contributed by atoms with E-state index in [9.17, 15) is 9.18 Å². The Labute approximate surface area is 103 Å². The van der Waals surface area contributed by atoms with Crippen LogP contribution >= 0.6 is 0 Å². The third-order valence-corrected chi connectivity index (χ3v) is 2.66. The molecule has 0 saturated carbocycles. The van der Waals surface area contributed by atoms with Crippen LogP contribution in [0.4, 0.5) is 4.39 Å². The number of nitrogens with one attached hydrogen (secondary N) is 2. The molecule has 0 aliphatic rings. The highest BCUT2D eigenvalue weighted by molar-refractivity contribution is 6.04. The van der Waals surface area contributed by atoms with Crippen molar-refractivity contribution in [3.05, 3.63) is 29.8 Å². The second-order valence-corrected chi connectivity index (χ2v) is 4.25. The number of aliphatic hydroxyl groups is 1. The molecule has 1 heterocycles. The van der Waals surface area contributed by atoms with Gasteiger partial charge in [-0.2, -0.15) is 0 Å². The molecule has 5 nitrogen and oxygen atoms in total. The highest BCUT2D eigenvalue weighted by atomic mass is 19.1. The van der Waals surface area contributed by atoms with Gasteiger partial charge in [-0.25, -0.2) is 9.37 Å². The molecule has 0 spiro atoms. The number of imidazole rings is 1. The quantitative estimate of drug-likeness (QED) is 0.760. The molecule has 3 N–H and O–H groups in total. The van der Waals surface area contributed by atoms with Crippen LogP contribution in [0.15, 0.2) is 18.5 Å². The molecule has 96 valence electrons. The lowest BCUT2D eigenvalue weighted by Gasteiger charge is -2.10. The van der Waals surface area contributed by atoms with E-state index in [1.165, 1.54) is 12.4 Å². The lowest BCUT2D eigenvalue weighted by Crippen LogP contribution is -2.29. The van der Waals surface area contributed by atoms with E-state index in [0.29, 0.717) is 17.6 Å². The van der Waals surface area contributed by atoms with Crippen molar-refractivity contribution in [2.24, 2.45) is 5.92 Å². The van der Waals surface area contributed by atoms with Crippen molar-refractivity contribution < 1.29 is 14.3 Å². The minimum atomic E-state index is -0.493. The standard InChI is InChI=1S/C12H14FN3O2/c1-7(5-17)4-14-12(18)9-2-8(13)3-10-11(9)16-6-15-10/h2-3,6-7,17H,4-5H2,1H3,(H,14,18)(H,15,16). The maximum atomic E-state index is 13.3. The highest BCUT2D eigenvalue weighted by Gasteiger charge is 2.14. The Bertz CT molecular complexity index is 567. The van der Waals surface area contributed by atoms with Crippen LogP contribution in [0, 0.1) is 11.7 Å². The van der Waals surface area contributed by atoms with Crippen molar-refractivity contribution in [1.82, 2.24) is 15.3 Å². The van der Waals surface area contributed by atoms with Gasteiger partial charge in [-0.3, -0.25) is 4.79 Å². The molecular formula is C12H14FN3O2. The Morgan fingerprint density at radius 3 is 3.11 bits per heavy atom. The summed E-state index contributed by atoms with van der Waals surface area (Å²) in [6, 6.07) is 2.44. The lowest BCUT2D eigenvalue weighted by molar-refractivity contribution is 0.0943. The smallest absolute Gasteiger partial charge is 0.253 e. The third-order valence-electron chi connectivity index (χ3n) is 2.66. The van der Waals surface area contributed by atoms with E-state index >= 15 is 0 Å². The number of H-pyrrole nitrogens is 1. The average Bonchev–Trinajstić information content (AvgIpc) is 2.82. The minimum absolute atomic E-state index is 0.0127. The molecular weight excluding hydrogens is 237 g/mol. The number of fused-ring (bicyclic) bond motifs is 1. The molecule has 0 aliphatic carbocycles. The molecule has 1 amide bonds. The zero-order valence-corrected chi connectivity index (χ0v) is 9.90. The number of carbonyl (C=O) groups is 1. The number of aromatic amines is 1. The number of hydrogen-bond acceptors (Lipinski definition) is 3. The number of rotatable bonds is 4. The Morgan fingerprint density at radius 1 is 1.61 bits per heavy atom. The summed E-state index contributed by atoms with van der Waals surface area (Å²) in [7, 11) is 0. The van der Waals surface area contributed by atoms with Gasteiger partial charge in [0.05, 0.1) is 17.4 Å². The van der Waals surface area contributed by atoms with Crippen molar-refractivity contribution >= 4 is 16.9 Å². The van der Waals surface area contributed by atoms with E-state index in [0.717, 1.165) is 6.07 Å². The molecule has 0 radical (unpaired) electrons. The summed E-state index contributed by atoms with van der Waals surface area (Å²) in [6.07, 6.45) is 1.41. The molecule has 1 atom stereocenters. The summed E-state index contributed by atoms with van der Waals surface area (Å²) < 4.78 is 13.3. The molecule has 6 heteroatoms. The molecule has 18 heavy (non-hydrogen) atoms. The van der Waals surface area contributed by atoms with Gasteiger partial charge in [0, 0.05) is 13.2 Å². The zero-order chi connectivity index (χ0) is 13.1. The van der Waals surface area contributed by atoms with Gasteiger partial charge in [0.15, 0.2) is 0 Å². The zero-order valence-electron chi connectivity index (χ0n) is 9.90. The maximum absolute atomic E-state index is 13.3. The Hall–Kier alpha value is -1.95. The largest absolute Gasteiger partial charge is 0.396 e. The molecule has 0 aliphatic heterocycles. The summed E-state index contributed by atoms with van der Waals surface area (Å²) in [5.41, 5.74) is 1.11. The Morgan fingerprint density at radius 2 is 2.39 bits per heavy atom. The lowest BCUT2D eigenvalue weighted by atomic mass is 10.1. The van der Waals surface area contributed by atoms with Gasteiger partial charge in [-0.15, -0.1) is 0 Å². The average molecular weight is 251 g/mol. The second-order valence-electron chi connectivity index (χ2n) is 4.25. The Balaban J connectivity index is 2.24. The van der Waals surface area contributed by atoms with E-state index in [4.69, 9.17) is 5.11 Å². The molecule has 0 bridgehead atoms. The van der Waals surface area contributed by atoms with Crippen molar-refractivity contribution in [2.75, 3.05) is 13.2 Å². The molecule has 1 unspecified atom stereocenters. The summed E-state index contributed by atoms with van der Waals surface area (Å²) in [5.74, 6) is -0.934. The van der Waals surface area contributed by atoms with Gasteiger partial charge in [-0.05, 0) is 18.1 Å². The van der Waals surface area contributed by atoms with Crippen LogP contribution in [0.5, 0.6) is 0 Å². The first-order valence-corrected chi connectivity index (χ1v) is 5.63. The van der Waals surface area contributed by atoms with Crippen molar-refractivity contribution in [2.45, 2.75) is 6.92 Å². The fourth-order valence-electron chi connectivity index (χ4n) is 1.61. The van der Waals surface area contributed by atoms with Gasteiger partial charge in [0.2, 0.25) is 0 Å². The fourth-order valence-corrected chi connectivity index (χ4v) is 1.61. The van der Waals surface area contributed by atoms with Crippen molar-refractivity contribution in [3.63, 3.8) is 0 Å². The normalized spacial score (nSPS) is 12.6. The summed E-state index contributed by atoms with van der Waals surface area (Å²) in [6.45, 7) is 2.12. The number of halogens is 1. The molecule has 1 aromatic carbocycles. The van der Waals surface area contributed by atoms with Gasteiger partial charge >= 0.3 is 0 Å². The number of aromatic nitrogens is 2. The summed E-state index contributed by atoms with van der Waals surface area (Å²) >= 11 is 0. The van der Waals surface area contributed by atoms with Crippen LogP contribution < -0.4 is 5.32 Å². The van der Waals surface area contributed by atoms with E-state index in [2.05, 4.69) is 15.3 Å². The number of carbonyl (C=O) groups excluding carboxylic acids is 1. The van der Waals surface area contributed by atoms with E-state index < -0.39 is 11.7 Å². The minimum Gasteiger partial charge on any atom is -0.396 e. The predicted molar refractivity (Wildman–Crippen MR) is 64.6 cm³/mol. The Kier molecular flexibility index (Phi) is 3.57. The molecule has 0 fully saturated rings. The first-order valence-electron chi connectivity index (χ1n) is 5.63. The fraction of sp³-hybridized carbons (Fsp3) is 0.333. The molecule has 2 rings (SSSR count). The molecule has 1 aromatic heterocycles. The van der Waals surface area contributed by atoms with Crippen LogP contribution in [0.1, 0.15) is 17.3 Å². The maximum Gasteiger partial charge on any atom is 0.253 e. The SMILES string of the molecule is CC(CO)CNC(=O)c1cc(F)cc2[nH]cnc12. The first-order chi connectivity index (χ1) is 8.61. The van der Waals surface area contributed by atoms with Gasteiger partial charge in [0.1, 0.15) is 11.3 Å². The highest BCUT2D eigenvalue weighted by Crippen LogP contribution is 2.17. The molecule has 0 saturated heterocycles. The number of benzene rings is 1. The van der Waals surface area contributed by atoms with Crippen molar-refractivity contribution in [1.29, 1.82) is 0 Å². The number of hydrogen-bond donors (Lipinski definition) is 3.